The quantitative estimate of drug-likeness (QED) is 0.882. The van der Waals surface area contributed by atoms with Gasteiger partial charge in [-0.15, -0.1) is 10.2 Å². The van der Waals surface area contributed by atoms with E-state index in [1.165, 1.54) is 19.3 Å². The topological polar surface area (TPSA) is 58.0 Å². The molecule has 0 amide bonds. The Labute approximate surface area is 113 Å². The fourth-order valence-corrected chi connectivity index (χ4v) is 3.34. The zero-order chi connectivity index (χ0) is 13.2. The molecule has 1 aliphatic carbocycles. The van der Waals surface area contributed by atoms with E-state index < -0.39 is 0 Å². The maximum absolute atomic E-state index is 9.07. The minimum absolute atomic E-state index is 0.0672. The van der Waals surface area contributed by atoms with Crippen molar-refractivity contribution in [1.82, 2.24) is 10.2 Å². The Hall–Kier alpha value is -0.680. The van der Waals surface area contributed by atoms with E-state index in [4.69, 9.17) is 5.11 Å². The molecule has 0 aliphatic heterocycles. The first-order valence-corrected chi connectivity index (χ1v) is 7.53. The first-order chi connectivity index (χ1) is 8.50. The number of nitrogens with zero attached hydrogens (tertiary/aromatic N) is 2. The molecule has 0 aromatic carbocycles. The molecule has 2 atom stereocenters. The van der Waals surface area contributed by atoms with Gasteiger partial charge >= 0.3 is 0 Å². The molecule has 1 aliphatic rings. The van der Waals surface area contributed by atoms with Crippen LogP contribution in [0.25, 0.3) is 0 Å². The molecule has 1 aromatic rings. The first-order valence-electron chi connectivity index (χ1n) is 6.72. The largest absolute Gasteiger partial charge is 0.396 e. The van der Waals surface area contributed by atoms with Gasteiger partial charge in [-0.05, 0) is 25.2 Å². The summed E-state index contributed by atoms with van der Waals surface area (Å²) in [6.07, 6.45) is 4.52. The molecule has 102 valence electrons. The van der Waals surface area contributed by atoms with E-state index >= 15 is 0 Å². The van der Waals surface area contributed by atoms with E-state index in [0.717, 1.165) is 16.6 Å². The highest BCUT2D eigenvalue weighted by Crippen LogP contribution is 2.33. The van der Waals surface area contributed by atoms with Crippen LogP contribution in [0.4, 0.5) is 5.13 Å². The van der Waals surface area contributed by atoms with Gasteiger partial charge in [-0.25, -0.2) is 0 Å². The van der Waals surface area contributed by atoms with Crippen molar-refractivity contribution >= 4 is 16.5 Å². The summed E-state index contributed by atoms with van der Waals surface area (Å²) in [6, 6.07) is 0.456. The Morgan fingerprint density at radius 3 is 2.72 bits per heavy atom. The van der Waals surface area contributed by atoms with Crippen LogP contribution in [0.2, 0.25) is 0 Å². The molecule has 18 heavy (non-hydrogen) atoms. The fraction of sp³-hybridized carbons (Fsp3) is 0.846. The number of aliphatic hydroxyl groups excluding tert-OH is 1. The van der Waals surface area contributed by atoms with Crippen molar-refractivity contribution in [2.24, 2.45) is 5.92 Å². The summed E-state index contributed by atoms with van der Waals surface area (Å²) in [5.41, 5.74) is 0.0672. The second-order valence-corrected chi connectivity index (χ2v) is 7.09. The number of aromatic nitrogens is 2. The normalized spacial score (nSPS) is 24.4. The molecule has 1 fully saturated rings. The van der Waals surface area contributed by atoms with Gasteiger partial charge in [-0.3, -0.25) is 0 Å². The summed E-state index contributed by atoms with van der Waals surface area (Å²) in [7, 11) is 0. The van der Waals surface area contributed by atoms with Crippen LogP contribution < -0.4 is 5.32 Å². The van der Waals surface area contributed by atoms with Crippen molar-refractivity contribution in [3.63, 3.8) is 0 Å². The average Bonchev–Trinajstić information content (AvgIpc) is 2.89. The lowest BCUT2D eigenvalue weighted by Crippen LogP contribution is -2.24. The van der Waals surface area contributed by atoms with Crippen molar-refractivity contribution in [2.75, 3.05) is 11.9 Å². The van der Waals surface area contributed by atoms with Gasteiger partial charge in [0.05, 0.1) is 0 Å². The maximum Gasteiger partial charge on any atom is 0.205 e. The minimum atomic E-state index is 0.0672. The maximum atomic E-state index is 9.07. The Bertz CT molecular complexity index is 386. The number of anilines is 1. The van der Waals surface area contributed by atoms with Gasteiger partial charge < -0.3 is 10.4 Å². The SMILES string of the molecule is CC(C)(C)c1nnc(NC2CCCC2CCO)s1. The molecule has 0 spiro atoms. The minimum Gasteiger partial charge on any atom is -0.396 e. The van der Waals surface area contributed by atoms with Gasteiger partial charge in [0, 0.05) is 18.1 Å². The third-order valence-electron chi connectivity index (χ3n) is 3.53. The van der Waals surface area contributed by atoms with Crippen LogP contribution in [0, 0.1) is 5.92 Å². The van der Waals surface area contributed by atoms with E-state index in [9.17, 15) is 0 Å². The molecule has 0 radical (unpaired) electrons. The molecule has 0 bridgehead atoms. The zero-order valence-electron chi connectivity index (χ0n) is 11.4. The van der Waals surface area contributed by atoms with Gasteiger partial charge in [0.25, 0.3) is 0 Å². The predicted octanol–water partition coefficient (Wildman–Crippen LogP) is 2.80. The molecule has 2 unspecified atom stereocenters. The monoisotopic (exact) mass is 269 g/mol. The molecule has 5 heteroatoms. The van der Waals surface area contributed by atoms with E-state index in [1.54, 1.807) is 11.3 Å². The third kappa shape index (κ3) is 3.20. The summed E-state index contributed by atoms with van der Waals surface area (Å²) < 4.78 is 0. The molecular weight excluding hydrogens is 246 g/mol. The van der Waals surface area contributed by atoms with Gasteiger partial charge in [-0.1, -0.05) is 38.5 Å². The summed E-state index contributed by atoms with van der Waals surface area (Å²) in [4.78, 5) is 0. The molecular formula is C13H23N3OS. The van der Waals surface area contributed by atoms with Crippen LogP contribution in [0.5, 0.6) is 0 Å². The van der Waals surface area contributed by atoms with E-state index in [2.05, 4.69) is 36.3 Å². The van der Waals surface area contributed by atoms with Crippen LogP contribution in [-0.4, -0.2) is 28.0 Å². The molecule has 2 N–H and O–H groups in total. The second kappa shape index (κ2) is 5.53. The van der Waals surface area contributed by atoms with E-state index in [-0.39, 0.29) is 12.0 Å². The lowest BCUT2D eigenvalue weighted by molar-refractivity contribution is 0.254. The summed E-state index contributed by atoms with van der Waals surface area (Å²) in [5.74, 6) is 0.581. The second-order valence-electron chi connectivity index (χ2n) is 6.12. The van der Waals surface area contributed by atoms with Gasteiger partial charge in [0.1, 0.15) is 5.01 Å². The van der Waals surface area contributed by atoms with E-state index in [1.807, 2.05) is 0 Å². The van der Waals surface area contributed by atoms with Crippen molar-refractivity contribution in [2.45, 2.75) is 57.9 Å². The average molecular weight is 269 g/mol. The smallest absolute Gasteiger partial charge is 0.205 e. The highest BCUT2D eigenvalue weighted by Gasteiger charge is 2.28. The number of hydrogen-bond donors (Lipinski definition) is 2. The Kier molecular flexibility index (Phi) is 4.22. The van der Waals surface area contributed by atoms with E-state index in [0.29, 0.717) is 12.0 Å². The molecule has 0 saturated heterocycles. The summed E-state index contributed by atoms with van der Waals surface area (Å²) in [5, 5.41) is 23.1. The van der Waals surface area contributed by atoms with Crippen LogP contribution in [-0.2, 0) is 5.41 Å². The molecule has 1 heterocycles. The lowest BCUT2D eigenvalue weighted by Gasteiger charge is -2.19. The van der Waals surface area contributed by atoms with Crippen molar-refractivity contribution in [3.8, 4) is 0 Å². The predicted molar refractivity (Wildman–Crippen MR) is 75.1 cm³/mol. The molecule has 2 rings (SSSR count). The number of hydrogen-bond acceptors (Lipinski definition) is 5. The van der Waals surface area contributed by atoms with Crippen LogP contribution >= 0.6 is 11.3 Å². The number of aliphatic hydroxyl groups is 1. The lowest BCUT2D eigenvalue weighted by atomic mass is 9.98. The van der Waals surface area contributed by atoms with Crippen LogP contribution in [0.15, 0.2) is 0 Å². The van der Waals surface area contributed by atoms with Gasteiger partial charge in [0.2, 0.25) is 5.13 Å². The standard InChI is InChI=1S/C13H23N3OS/c1-13(2,3)11-15-16-12(18-11)14-10-6-4-5-9(10)7-8-17/h9-10,17H,4-8H2,1-3H3,(H,14,16). The molecule has 1 aromatic heterocycles. The first kappa shape index (κ1) is 13.7. The summed E-state index contributed by atoms with van der Waals surface area (Å²) in [6.45, 7) is 6.75. The Balaban J connectivity index is 1.99. The third-order valence-corrected chi connectivity index (χ3v) is 4.81. The fourth-order valence-electron chi connectivity index (χ4n) is 2.48. The zero-order valence-corrected chi connectivity index (χ0v) is 12.3. The molecule has 1 saturated carbocycles. The Morgan fingerprint density at radius 2 is 2.11 bits per heavy atom. The van der Waals surface area contributed by atoms with Gasteiger partial charge in [0.15, 0.2) is 0 Å². The highest BCUT2D eigenvalue weighted by molar-refractivity contribution is 7.15. The van der Waals surface area contributed by atoms with Crippen molar-refractivity contribution in [3.05, 3.63) is 5.01 Å². The van der Waals surface area contributed by atoms with Crippen LogP contribution in [0.1, 0.15) is 51.5 Å². The van der Waals surface area contributed by atoms with Crippen molar-refractivity contribution in [1.29, 1.82) is 0 Å². The molecule has 4 nitrogen and oxygen atoms in total. The summed E-state index contributed by atoms with van der Waals surface area (Å²) >= 11 is 1.65. The van der Waals surface area contributed by atoms with Crippen molar-refractivity contribution < 1.29 is 5.11 Å². The van der Waals surface area contributed by atoms with Crippen LogP contribution in [0.3, 0.4) is 0 Å². The number of nitrogens with one attached hydrogen (secondary N) is 1. The number of rotatable bonds is 4. The van der Waals surface area contributed by atoms with Gasteiger partial charge in [-0.2, -0.15) is 0 Å². The Morgan fingerprint density at radius 1 is 1.33 bits per heavy atom. The highest BCUT2D eigenvalue weighted by atomic mass is 32.1.